The van der Waals surface area contributed by atoms with Crippen LogP contribution in [0.5, 0.6) is 5.75 Å². The van der Waals surface area contributed by atoms with Crippen LogP contribution in [0.25, 0.3) is 0 Å². The van der Waals surface area contributed by atoms with Crippen LogP contribution in [0.2, 0.25) is 0 Å². The molecule has 7 heteroatoms. The molecule has 1 aromatic rings. The van der Waals surface area contributed by atoms with Gasteiger partial charge in [-0.2, -0.15) is 0 Å². The summed E-state index contributed by atoms with van der Waals surface area (Å²) in [7, 11) is 0. The van der Waals surface area contributed by atoms with E-state index in [2.05, 4.69) is 13.2 Å². The monoisotopic (exact) mass is 448 g/mol. The number of aryl methyl sites for hydroxylation is 2. The Labute approximate surface area is 190 Å². The average Bonchev–Trinajstić information content (AvgIpc) is 2.77. The summed E-state index contributed by atoms with van der Waals surface area (Å²) < 4.78 is 16.4. The van der Waals surface area contributed by atoms with E-state index in [-0.39, 0.29) is 32.3 Å². The molecule has 1 aromatic carbocycles. The van der Waals surface area contributed by atoms with Crippen LogP contribution in [0.4, 0.5) is 0 Å². The molecule has 0 heterocycles. The zero-order chi connectivity index (χ0) is 23.9. The number of esters is 2. The fourth-order valence-corrected chi connectivity index (χ4v) is 2.89. The molecule has 0 radical (unpaired) electrons. The molecule has 0 saturated carbocycles. The van der Waals surface area contributed by atoms with Gasteiger partial charge in [0.2, 0.25) is 0 Å². The van der Waals surface area contributed by atoms with E-state index in [9.17, 15) is 19.8 Å². The van der Waals surface area contributed by atoms with Gasteiger partial charge in [0.15, 0.2) is 0 Å². The van der Waals surface area contributed by atoms with Gasteiger partial charge in [0.25, 0.3) is 0 Å². The van der Waals surface area contributed by atoms with Crippen molar-refractivity contribution in [2.24, 2.45) is 5.92 Å². The third kappa shape index (κ3) is 10.1. The van der Waals surface area contributed by atoms with Crippen LogP contribution in [0, 0.1) is 5.92 Å². The zero-order valence-electron chi connectivity index (χ0n) is 19.2. The minimum absolute atomic E-state index is 0.101. The first kappa shape index (κ1) is 27.4. The van der Waals surface area contributed by atoms with Crippen molar-refractivity contribution in [3.05, 3.63) is 53.6 Å². The fourth-order valence-electron chi connectivity index (χ4n) is 2.89. The second-order valence-electron chi connectivity index (χ2n) is 7.81. The van der Waals surface area contributed by atoms with E-state index in [0.717, 1.165) is 16.9 Å². The van der Waals surface area contributed by atoms with Crippen LogP contribution in [0.1, 0.15) is 44.2 Å². The van der Waals surface area contributed by atoms with Gasteiger partial charge in [-0.3, -0.25) is 0 Å². The lowest BCUT2D eigenvalue weighted by Crippen LogP contribution is -2.16. The standard InChI is InChI=1S/C25H36O7/c1-18(2)24(28)31-13-6-10-21-8-5-9-22(11-7-14-32-25(29)19(3)4)23(21)30-15-12-20(16-26)17-27/h5,8-9,20,26-27H,1,3,6-7,10-17H2,2,4H3. The molecule has 0 aromatic heterocycles. The number of aliphatic hydroxyl groups is 2. The third-order valence-corrected chi connectivity index (χ3v) is 4.81. The molecule has 0 aliphatic heterocycles. The second-order valence-corrected chi connectivity index (χ2v) is 7.81. The number of para-hydroxylation sites is 1. The summed E-state index contributed by atoms with van der Waals surface area (Å²) in [5, 5.41) is 18.6. The van der Waals surface area contributed by atoms with Crippen molar-refractivity contribution in [1.82, 2.24) is 0 Å². The lowest BCUT2D eigenvalue weighted by atomic mass is 10.0. The molecule has 0 saturated heterocycles. The third-order valence-electron chi connectivity index (χ3n) is 4.81. The molecule has 0 fully saturated rings. The van der Waals surface area contributed by atoms with Gasteiger partial charge < -0.3 is 24.4 Å². The molecule has 0 aliphatic rings. The highest BCUT2D eigenvalue weighted by atomic mass is 16.5. The Kier molecular flexibility index (Phi) is 13.0. The Bertz CT molecular complexity index is 713. The van der Waals surface area contributed by atoms with Gasteiger partial charge in [-0.25, -0.2) is 9.59 Å². The van der Waals surface area contributed by atoms with Crippen molar-refractivity contribution in [2.75, 3.05) is 33.0 Å². The fraction of sp³-hybridized carbons (Fsp3) is 0.520. The van der Waals surface area contributed by atoms with Crippen LogP contribution in [0.15, 0.2) is 42.5 Å². The minimum atomic E-state index is -0.404. The zero-order valence-corrected chi connectivity index (χ0v) is 19.2. The van der Waals surface area contributed by atoms with Gasteiger partial charge in [-0.05, 0) is 57.1 Å². The lowest BCUT2D eigenvalue weighted by molar-refractivity contribution is -0.139. The number of carbonyl (C=O) groups excluding carboxylic acids is 2. The summed E-state index contributed by atoms with van der Waals surface area (Å²) in [5.41, 5.74) is 2.70. The summed E-state index contributed by atoms with van der Waals surface area (Å²) >= 11 is 0. The highest BCUT2D eigenvalue weighted by Crippen LogP contribution is 2.27. The first-order valence-electron chi connectivity index (χ1n) is 10.9. The summed E-state index contributed by atoms with van der Waals surface area (Å²) in [6, 6.07) is 5.88. The number of hydrogen-bond acceptors (Lipinski definition) is 7. The molecule has 1 rings (SSSR count). The van der Waals surface area contributed by atoms with E-state index >= 15 is 0 Å². The van der Waals surface area contributed by atoms with Crippen LogP contribution in [0.3, 0.4) is 0 Å². The summed E-state index contributed by atoms with van der Waals surface area (Å²) in [6.07, 6.45) is 3.09. The maximum Gasteiger partial charge on any atom is 0.333 e. The lowest BCUT2D eigenvalue weighted by Gasteiger charge is -2.18. The van der Waals surface area contributed by atoms with Gasteiger partial charge in [-0.1, -0.05) is 31.4 Å². The van der Waals surface area contributed by atoms with Gasteiger partial charge in [-0.15, -0.1) is 0 Å². The molecular formula is C25H36O7. The largest absolute Gasteiger partial charge is 0.493 e. The smallest absolute Gasteiger partial charge is 0.333 e. The number of ether oxygens (including phenoxy) is 3. The highest BCUT2D eigenvalue weighted by Gasteiger charge is 2.13. The number of hydrogen-bond donors (Lipinski definition) is 2. The van der Waals surface area contributed by atoms with E-state index in [0.29, 0.717) is 49.9 Å². The SMILES string of the molecule is C=C(C)C(=O)OCCCc1cccc(CCCOC(=O)C(=C)C)c1OCCC(CO)CO. The van der Waals surface area contributed by atoms with Crippen LogP contribution in [-0.4, -0.2) is 55.2 Å². The van der Waals surface area contributed by atoms with E-state index in [1.807, 2.05) is 18.2 Å². The van der Waals surface area contributed by atoms with E-state index < -0.39 is 11.9 Å². The summed E-state index contributed by atoms with van der Waals surface area (Å²) in [4.78, 5) is 23.1. The Hall–Kier alpha value is -2.64. The predicted octanol–water partition coefficient (Wildman–Crippen LogP) is 3.16. The molecule has 0 unspecified atom stereocenters. The Balaban J connectivity index is 2.78. The molecular weight excluding hydrogens is 412 g/mol. The maximum absolute atomic E-state index is 11.5. The maximum atomic E-state index is 11.5. The van der Waals surface area contributed by atoms with Crippen molar-refractivity contribution in [3.8, 4) is 5.75 Å². The first-order chi connectivity index (χ1) is 15.3. The summed E-state index contributed by atoms with van der Waals surface area (Å²) in [5.74, 6) is -0.287. The molecule has 0 atom stereocenters. The number of rotatable bonds is 16. The quantitative estimate of drug-likeness (QED) is 0.227. The van der Waals surface area contributed by atoms with Crippen molar-refractivity contribution < 1.29 is 34.0 Å². The van der Waals surface area contributed by atoms with Crippen LogP contribution >= 0.6 is 0 Å². The van der Waals surface area contributed by atoms with Crippen LogP contribution in [-0.2, 0) is 31.9 Å². The van der Waals surface area contributed by atoms with Gasteiger partial charge in [0.1, 0.15) is 5.75 Å². The minimum Gasteiger partial charge on any atom is -0.493 e. The van der Waals surface area contributed by atoms with Crippen molar-refractivity contribution in [1.29, 1.82) is 0 Å². The van der Waals surface area contributed by atoms with Gasteiger partial charge in [0.05, 0.1) is 19.8 Å². The van der Waals surface area contributed by atoms with E-state index in [1.165, 1.54) is 0 Å². The van der Waals surface area contributed by atoms with Gasteiger partial charge >= 0.3 is 11.9 Å². The molecule has 2 N–H and O–H groups in total. The number of aliphatic hydroxyl groups excluding tert-OH is 2. The van der Waals surface area contributed by atoms with Crippen molar-refractivity contribution >= 4 is 11.9 Å². The average molecular weight is 449 g/mol. The normalized spacial score (nSPS) is 10.7. The molecule has 0 spiro atoms. The first-order valence-corrected chi connectivity index (χ1v) is 10.9. The van der Waals surface area contributed by atoms with Crippen molar-refractivity contribution in [3.63, 3.8) is 0 Å². The number of benzene rings is 1. The van der Waals surface area contributed by atoms with Crippen LogP contribution < -0.4 is 4.74 Å². The van der Waals surface area contributed by atoms with E-state index in [4.69, 9.17) is 14.2 Å². The van der Waals surface area contributed by atoms with Gasteiger partial charge in [0, 0.05) is 30.3 Å². The number of carbonyl (C=O) groups is 2. The van der Waals surface area contributed by atoms with E-state index in [1.54, 1.807) is 13.8 Å². The van der Waals surface area contributed by atoms with Crippen molar-refractivity contribution in [2.45, 2.75) is 46.0 Å². The highest BCUT2D eigenvalue weighted by molar-refractivity contribution is 5.87. The predicted molar refractivity (Wildman–Crippen MR) is 122 cm³/mol. The molecule has 7 nitrogen and oxygen atoms in total. The molecule has 32 heavy (non-hydrogen) atoms. The molecule has 0 aliphatic carbocycles. The molecule has 0 amide bonds. The molecule has 178 valence electrons. The summed E-state index contributed by atoms with van der Waals surface area (Å²) in [6.45, 7) is 11.1. The topological polar surface area (TPSA) is 102 Å². The second kappa shape index (κ2) is 15.2. The Morgan fingerprint density at radius 2 is 1.34 bits per heavy atom. The Morgan fingerprint density at radius 1 is 0.875 bits per heavy atom. The Morgan fingerprint density at radius 3 is 1.75 bits per heavy atom. The molecule has 0 bridgehead atoms.